The fourth-order valence-electron chi connectivity index (χ4n) is 2.86. The molecule has 10 heteroatoms. The van der Waals surface area contributed by atoms with Gasteiger partial charge in [-0.15, -0.1) is 0 Å². The summed E-state index contributed by atoms with van der Waals surface area (Å²) in [7, 11) is 0. The maximum Gasteiger partial charge on any atom is 0.325 e. The molecule has 0 saturated carbocycles. The Bertz CT molecular complexity index is 905. The van der Waals surface area contributed by atoms with Crippen molar-refractivity contribution in [1.82, 2.24) is 15.1 Å². The highest BCUT2D eigenvalue weighted by Crippen LogP contribution is 2.11. The van der Waals surface area contributed by atoms with Crippen molar-refractivity contribution < 1.29 is 28.3 Å². The number of carbonyl (C=O) groups excluding carboxylic acids is 4. The zero-order valence-electron chi connectivity index (χ0n) is 16.0. The van der Waals surface area contributed by atoms with Gasteiger partial charge in [0.1, 0.15) is 6.54 Å². The second-order valence-electron chi connectivity index (χ2n) is 6.50. The lowest BCUT2D eigenvalue weighted by Crippen LogP contribution is -2.51. The van der Waals surface area contributed by atoms with Gasteiger partial charge in [-0.05, 0) is 36.4 Å². The molecule has 0 bridgehead atoms. The van der Waals surface area contributed by atoms with Crippen LogP contribution in [0.5, 0.6) is 0 Å². The number of piperazine rings is 1. The van der Waals surface area contributed by atoms with Gasteiger partial charge in [0.05, 0.1) is 6.26 Å². The predicted octanol–water partition coefficient (Wildman–Crippen LogP) is 1.30. The van der Waals surface area contributed by atoms with Crippen LogP contribution >= 0.6 is 15.9 Å². The smallest absolute Gasteiger partial charge is 0.325 e. The average Bonchev–Trinajstić information content (AvgIpc) is 3.31. The zero-order chi connectivity index (χ0) is 21.5. The van der Waals surface area contributed by atoms with Gasteiger partial charge in [-0.25, -0.2) is 0 Å². The van der Waals surface area contributed by atoms with Crippen molar-refractivity contribution in [2.24, 2.45) is 0 Å². The van der Waals surface area contributed by atoms with Crippen LogP contribution in [0.15, 0.2) is 51.6 Å². The minimum absolute atomic E-state index is 0.222. The average molecular weight is 478 g/mol. The standard InChI is InChI=1S/C20H20BrN3O6/c21-15-5-3-14(4-6-15)19(27)22-12-18(26)30-13-17(25)23-7-9-24(10-8-23)20(28)16-2-1-11-29-16/h1-6,11H,7-10,12-13H2,(H,22,27). The third-order valence-electron chi connectivity index (χ3n) is 4.51. The molecule has 1 aliphatic rings. The van der Waals surface area contributed by atoms with Gasteiger partial charge >= 0.3 is 5.97 Å². The Kier molecular flexibility index (Phi) is 7.23. The van der Waals surface area contributed by atoms with E-state index in [0.29, 0.717) is 31.7 Å². The van der Waals surface area contributed by atoms with Gasteiger partial charge in [-0.2, -0.15) is 0 Å². The van der Waals surface area contributed by atoms with Crippen LogP contribution in [0.1, 0.15) is 20.9 Å². The van der Waals surface area contributed by atoms with Crippen LogP contribution in [0, 0.1) is 0 Å². The van der Waals surface area contributed by atoms with E-state index in [2.05, 4.69) is 21.2 Å². The maximum absolute atomic E-state index is 12.2. The van der Waals surface area contributed by atoms with Crippen molar-refractivity contribution in [3.05, 3.63) is 58.5 Å². The van der Waals surface area contributed by atoms with Crippen molar-refractivity contribution in [3.8, 4) is 0 Å². The lowest BCUT2D eigenvalue weighted by atomic mass is 10.2. The molecule has 2 heterocycles. The molecular weight excluding hydrogens is 458 g/mol. The monoisotopic (exact) mass is 477 g/mol. The highest BCUT2D eigenvalue weighted by atomic mass is 79.9. The van der Waals surface area contributed by atoms with Crippen LogP contribution in [-0.4, -0.2) is 72.8 Å². The van der Waals surface area contributed by atoms with Gasteiger partial charge < -0.3 is 24.3 Å². The van der Waals surface area contributed by atoms with Crippen LogP contribution in [0.25, 0.3) is 0 Å². The molecular formula is C20H20BrN3O6. The van der Waals surface area contributed by atoms with Crippen molar-refractivity contribution in [2.75, 3.05) is 39.3 Å². The fourth-order valence-corrected chi connectivity index (χ4v) is 3.12. The predicted molar refractivity (Wildman–Crippen MR) is 109 cm³/mol. The highest BCUT2D eigenvalue weighted by molar-refractivity contribution is 9.10. The molecule has 9 nitrogen and oxygen atoms in total. The SMILES string of the molecule is O=C(CNC(=O)c1ccc(Br)cc1)OCC(=O)N1CCN(C(=O)c2ccco2)CC1. The summed E-state index contributed by atoms with van der Waals surface area (Å²) in [5, 5.41) is 2.45. The fraction of sp³-hybridized carbons (Fsp3) is 0.300. The number of nitrogens with one attached hydrogen (secondary N) is 1. The van der Waals surface area contributed by atoms with E-state index in [1.807, 2.05) is 0 Å². The van der Waals surface area contributed by atoms with Crippen molar-refractivity contribution in [2.45, 2.75) is 0 Å². The molecule has 1 saturated heterocycles. The van der Waals surface area contributed by atoms with E-state index in [1.54, 1.807) is 41.3 Å². The molecule has 1 aliphatic heterocycles. The van der Waals surface area contributed by atoms with Crippen molar-refractivity contribution in [3.63, 3.8) is 0 Å². The first-order valence-electron chi connectivity index (χ1n) is 9.24. The number of furan rings is 1. The number of rotatable bonds is 6. The molecule has 0 atom stereocenters. The van der Waals surface area contributed by atoms with E-state index >= 15 is 0 Å². The van der Waals surface area contributed by atoms with Crippen LogP contribution < -0.4 is 5.32 Å². The van der Waals surface area contributed by atoms with E-state index in [1.165, 1.54) is 11.2 Å². The van der Waals surface area contributed by atoms with E-state index in [0.717, 1.165) is 4.47 Å². The van der Waals surface area contributed by atoms with Gasteiger partial charge in [0.15, 0.2) is 12.4 Å². The van der Waals surface area contributed by atoms with Crippen molar-refractivity contribution in [1.29, 1.82) is 0 Å². The number of hydrogen-bond donors (Lipinski definition) is 1. The van der Waals surface area contributed by atoms with E-state index < -0.39 is 18.5 Å². The van der Waals surface area contributed by atoms with E-state index in [-0.39, 0.29) is 24.1 Å². The van der Waals surface area contributed by atoms with Crippen LogP contribution in [0.4, 0.5) is 0 Å². The summed E-state index contributed by atoms with van der Waals surface area (Å²) in [5.74, 6) is -1.44. The molecule has 1 N–H and O–H groups in total. The summed E-state index contributed by atoms with van der Waals surface area (Å²) in [6.07, 6.45) is 1.43. The molecule has 1 fully saturated rings. The molecule has 0 aliphatic carbocycles. The van der Waals surface area contributed by atoms with E-state index in [9.17, 15) is 19.2 Å². The van der Waals surface area contributed by atoms with Crippen LogP contribution in [0.2, 0.25) is 0 Å². The number of halogens is 1. The number of benzene rings is 1. The minimum Gasteiger partial charge on any atom is -0.459 e. The summed E-state index contributed by atoms with van der Waals surface area (Å²) < 4.78 is 10.9. The Morgan fingerprint density at radius 3 is 2.30 bits per heavy atom. The van der Waals surface area contributed by atoms with Gasteiger partial charge in [0.25, 0.3) is 17.7 Å². The lowest BCUT2D eigenvalue weighted by Gasteiger charge is -2.34. The Morgan fingerprint density at radius 1 is 1.00 bits per heavy atom. The molecule has 2 aromatic rings. The van der Waals surface area contributed by atoms with E-state index in [4.69, 9.17) is 9.15 Å². The largest absolute Gasteiger partial charge is 0.459 e. The van der Waals surface area contributed by atoms with Crippen LogP contribution in [-0.2, 0) is 14.3 Å². The Hall–Kier alpha value is -3.14. The zero-order valence-corrected chi connectivity index (χ0v) is 17.6. The molecule has 3 rings (SSSR count). The quantitative estimate of drug-likeness (QED) is 0.628. The Morgan fingerprint density at radius 2 is 1.67 bits per heavy atom. The molecule has 0 radical (unpaired) electrons. The van der Waals surface area contributed by atoms with Crippen LogP contribution in [0.3, 0.4) is 0 Å². The number of carbonyl (C=O) groups is 4. The molecule has 30 heavy (non-hydrogen) atoms. The minimum atomic E-state index is -0.708. The van der Waals surface area contributed by atoms with Crippen molar-refractivity contribution >= 4 is 39.6 Å². The first-order valence-corrected chi connectivity index (χ1v) is 10.0. The third-order valence-corrected chi connectivity index (χ3v) is 5.04. The van der Waals surface area contributed by atoms with Gasteiger partial charge in [-0.3, -0.25) is 19.2 Å². The number of hydrogen-bond acceptors (Lipinski definition) is 6. The van der Waals surface area contributed by atoms with Gasteiger partial charge in [0, 0.05) is 36.2 Å². The number of amides is 3. The Labute approximate surface area is 181 Å². The second kappa shape index (κ2) is 10.1. The molecule has 0 unspecified atom stereocenters. The Balaban J connectivity index is 1.36. The molecule has 1 aromatic heterocycles. The number of esters is 1. The topological polar surface area (TPSA) is 109 Å². The summed E-state index contributed by atoms with van der Waals surface area (Å²) in [5.41, 5.74) is 0.407. The summed E-state index contributed by atoms with van der Waals surface area (Å²) in [4.78, 5) is 51.4. The third kappa shape index (κ3) is 5.69. The molecule has 0 spiro atoms. The lowest BCUT2D eigenvalue weighted by molar-refractivity contribution is -0.151. The summed E-state index contributed by atoms with van der Waals surface area (Å²) in [6.45, 7) is 0.643. The van der Waals surface area contributed by atoms with Gasteiger partial charge in [0.2, 0.25) is 0 Å². The summed E-state index contributed by atoms with van der Waals surface area (Å²) >= 11 is 3.28. The van der Waals surface area contributed by atoms with Gasteiger partial charge in [-0.1, -0.05) is 15.9 Å². The maximum atomic E-state index is 12.2. The number of nitrogens with zero attached hydrogens (tertiary/aromatic N) is 2. The first kappa shape index (κ1) is 21.6. The summed E-state index contributed by atoms with van der Waals surface area (Å²) in [6, 6.07) is 9.90. The molecule has 1 aromatic carbocycles. The highest BCUT2D eigenvalue weighted by Gasteiger charge is 2.26. The second-order valence-corrected chi connectivity index (χ2v) is 7.42. The number of ether oxygens (including phenoxy) is 1. The normalized spacial score (nSPS) is 13.6. The molecule has 3 amide bonds. The first-order chi connectivity index (χ1) is 14.4. The molecule has 158 valence electrons.